The molecule has 0 aliphatic rings. The van der Waals surface area contributed by atoms with E-state index in [1.165, 1.54) is 0 Å². The van der Waals surface area contributed by atoms with E-state index < -0.39 is 5.60 Å². The lowest BCUT2D eigenvalue weighted by molar-refractivity contribution is 0.00695. The smallest absolute Gasteiger partial charge is 0.338 e. The van der Waals surface area contributed by atoms with Gasteiger partial charge in [0.2, 0.25) is 0 Å². The molecular formula is C18H20N2O2S. The van der Waals surface area contributed by atoms with Gasteiger partial charge in [-0.15, -0.1) is 11.3 Å². The van der Waals surface area contributed by atoms with E-state index in [4.69, 9.17) is 10.00 Å². The molecule has 0 fully saturated rings. The van der Waals surface area contributed by atoms with Crippen molar-refractivity contribution in [3.63, 3.8) is 0 Å². The Labute approximate surface area is 140 Å². The number of hydrogen-bond donors (Lipinski definition) is 1. The highest BCUT2D eigenvalue weighted by atomic mass is 32.1. The molecule has 5 heteroatoms. The van der Waals surface area contributed by atoms with Gasteiger partial charge in [-0.2, -0.15) is 5.26 Å². The van der Waals surface area contributed by atoms with Gasteiger partial charge in [0.15, 0.2) is 0 Å². The monoisotopic (exact) mass is 328 g/mol. The molecule has 2 aromatic rings. The van der Waals surface area contributed by atoms with E-state index in [2.05, 4.69) is 11.4 Å². The molecule has 0 aliphatic carbocycles. The Hall–Kier alpha value is -2.16. The average Bonchev–Trinajstić information content (AvgIpc) is 2.94. The standard InChI is InChI=1S/C18H20N2O2S/c1-18(2,3)22-17(21)15-6-4-13(5-7-15)10-20-11-16-8-14(9-19)12-23-16/h4-8,12,20H,10-11H2,1-3H3. The van der Waals surface area contributed by atoms with E-state index >= 15 is 0 Å². The van der Waals surface area contributed by atoms with Crippen molar-refractivity contribution >= 4 is 17.3 Å². The summed E-state index contributed by atoms with van der Waals surface area (Å²) in [6, 6.07) is 11.4. The quantitative estimate of drug-likeness (QED) is 0.847. The molecule has 1 aromatic heterocycles. The third kappa shape index (κ3) is 5.51. The molecule has 0 spiro atoms. The second kappa shape index (κ2) is 7.40. The van der Waals surface area contributed by atoms with E-state index in [0.717, 1.165) is 17.0 Å². The average molecular weight is 328 g/mol. The predicted molar refractivity (Wildman–Crippen MR) is 91.2 cm³/mol. The van der Waals surface area contributed by atoms with Crippen LogP contribution in [0.4, 0.5) is 0 Å². The fourth-order valence-electron chi connectivity index (χ4n) is 1.96. The van der Waals surface area contributed by atoms with Gasteiger partial charge in [-0.05, 0) is 44.5 Å². The van der Waals surface area contributed by atoms with Crippen LogP contribution in [0.25, 0.3) is 0 Å². The van der Waals surface area contributed by atoms with Crippen LogP contribution in [-0.2, 0) is 17.8 Å². The number of hydrogen-bond acceptors (Lipinski definition) is 5. The van der Waals surface area contributed by atoms with Gasteiger partial charge in [0.25, 0.3) is 0 Å². The molecule has 2 rings (SSSR count). The first-order chi connectivity index (χ1) is 10.9. The molecule has 1 heterocycles. The lowest BCUT2D eigenvalue weighted by Crippen LogP contribution is -2.23. The van der Waals surface area contributed by atoms with Crippen LogP contribution in [0.5, 0.6) is 0 Å². The Morgan fingerprint density at radius 1 is 1.26 bits per heavy atom. The van der Waals surface area contributed by atoms with Gasteiger partial charge in [-0.25, -0.2) is 4.79 Å². The number of carbonyl (C=O) groups is 1. The highest BCUT2D eigenvalue weighted by Gasteiger charge is 2.17. The normalized spacial score (nSPS) is 11.0. The molecule has 120 valence electrons. The molecule has 1 N–H and O–H groups in total. The third-order valence-electron chi connectivity index (χ3n) is 3.00. The van der Waals surface area contributed by atoms with Crippen LogP contribution in [0.2, 0.25) is 0 Å². The summed E-state index contributed by atoms with van der Waals surface area (Å²) in [6.07, 6.45) is 0. The molecular weight excluding hydrogens is 308 g/mol. The number of esters is 1. The van der Waals surface area contributed by atoms with Crippen LogP contribution in [0.15, 0.2) is 35.7 Å². The number of thiophene rings is 1. The maximum Gasteiger partial charge on any atom is 0.338 e. The van der Waals surface area contributed by atoms with Crippen molar-refractivity contribution in [2.24, 2.45) is 0 Å². The molecule has 23 heavy (non-hydrogen) atoms. The minimum absolute atomic E-state index is 0.306. The zero-order chi connectivity index (χ0) is 16.9. The summed E-state index contributed by atoms with van der Waals surface area (Å²) in [7, 11) is 0. The summed E-state index contributed by atoms with van der Waals surface area (Å²) in [5, 5.41) is 14.0. The predicted octanol–water partition coefficient (Wildman–Crippen LogP) is 3.86. The van der Waals surface area contributed by atoms with Crippen molar-refractivity contribution < 1.29 is 9.53 Å². The Morgan fingerprint density at radius 3 is 2.52 bits per heavy atom. The lowest BCUT2D eigenvalue weighted by Gasteiger charge is -2.19. The highest BCUT2D eigenvalue weighted by molar-refractivity contribution is 7.10. The highest BCUT2D eigenvalue weighted by Crippen LogP contribution is 2.15. The van der Waals surface area contributed by atoms with Crippen molar-refractivity contribution in [1.82, 2.24) is 5.32 Å². The molecule has 0 saturated heterocycles. The fourth-order valence-corrected chi connectivity index (χ4v) is 2.74. The van der Waals surface area contributed by atoms with Crippen LogP contribution in [0, 0.1) is 11.3 Å². The van der Waals surface area contributed by atoms with E-state index in [0.29, 0.717) is 17.7 Å². The van der Waals surface area contributed by atoms with E-state index in [9.17, 15) is 4.79 Å². The largest absolute Gasteiger partial charge is 0.456 e. The second-order valence-electron chi connectivity index (χ2n) is 6.22. The van der Waals surface area contributed by atoms with Gasteiger partial charge in [0.05, 0.1) is 11.1 Å². The molecule has 0 amide bonds. The molecule has 0 unspecified atom stereocenters. The van der Waals surface area contributed by atoms with Gasteiger partial charge >= 0.3 is 5.97 Å². The van der Waals surface area contributed by atoms with Gasteiger partial charge in [-0.1, -0.05) is 12.1 Å². The van der Waals surface area contributed by atoms with Crippen molar-refractivity contribution in [3.8, 4) is 6.07 Å². The summed E-state index contributed by atoms with van der Waals surface area (Å²) in [6.45, 7) is 6.98. The van der Waals surface area contributed by atoms with Crippen molar-refractivity contribution in [2.45, 2.75) is 39.5 Å². The maximum absolute atomic E-state index is 11.9. The molecule has 1 aromatic carbocycles. The Balaban J connectivity index is 1.85. The summed E-state index contributed by atoms with van der Waals surface area (Å²) >= 11 is 1.57. The summed E-state index contributed by atoms with van der Waals surface area (Å²) in [5.74, 6) is -0.306. The van der Waals surface area contributed by atoms with E-state index in [1.54, 1.807) is 23.5 Å². The zero-order valence-electron chi connectivity index (χ0n) is 13.6. The molecule has 0 bridgehead atoms. The Bertz CT molecular complexity index is 706. The molecule has 0 aliphatic heterocycles. The van der Waals surface area contributed by atoms with E-state index in [-0.39, 0.29) is 5.97 Å². The van der Waals surface area contributed by atoms with Crippen LogP contribution in [-0.4, -0.2) is 11.6 Å². The Morgan fingerprint density at radius 2 is 1.96 bits per heavy atom. The first-order valence-corrected chi connectivity index (χ1v) is 8.26. The molecule has 0 atom stereocenters. The van der Waals surface area contributed by atoms with Crippen LogP contribution < -0.4 is 5.32 Å². The number of nitrogens with zero attached hydrogens (tertiary/aromatic N) is 1. The number of ether oxygens (including phenoxy) is 1. The fraction of sp³-hybridized carbons (Fsp3) is 0.333. The number of rotatable bonds is 5. The minimum atomic E-state index is -0.486. The zero-order valence-corrected chi connectivity index (χ0v) is 14.4. The molecule has 0 saturated carbocycles. The molecule has 0 radical (unpaired) electrons. The van der Waals surface area contributed by atoms with Gasteiger partial charge in [-0.3, -0.25) is 0 Å². The summed E-state index contributed by atoms with van der Waals surface area (Å²) < 4.78 is 5.34. The lowest BCUT2D eigenvalue weighted by atomic mass is 10.1. The third-order valence-corrected chi connectivity index (χ3v) is 3.94. The first kappa shape index (κ1) is 17.2. The van der Waals surface area contributed by atoms with Crippen molar-refractivity contribution in [3.05, 3.63) is 57.3 Å². The van der Waals surface area contributed by atoms with Crippen LogP contribution in [0.3, 0.4) is 0 Å². The van der Waals surface area contributed by atoms with Gasteiger partial charge in [0.1, 0.15) is 11.7 Å². The number of benzene rings is 1. The van der Waals surface area contributed by atoms with E-state index in [1.807, 2.05) is 44.4 Å². The maximum atomic E-state index is 11.9. The molecule has 4 nitrogen and oxygen atoms in total. The minimum Gasteiger partial charge on any atom is -0.456 e. The van der Waals surface area contributed by atoms with Gasteiger partial charge in [0, 0.05) is 23.3 Å². The number of nitriles is 1. The van der Waals surface area contributed by atoms with Crippen molar-refractivity contribution in [2.75, 3.05) is 0 Å². The number of carbonyl (C=O) groups excluding carboxylic acids is 1. The van der Waals surface area contributed by atoms with Crippen LogP contribution in [0.1, 0.15) is 47.1 Å². The topological polar surface area (TPSA) is 62.1 Å². The Kier molecular flexibility index (Phi) is 5.54. The first-order valence-electron chi connectivity index (χ1n) is 7.38. The summed E-state index contributed by atoms with van der Waals surface area (Å²) in [4.78, 5) is 13.1. The van der Waals surface area contributed by atoms with Crippen LogP contribution >= 0.6 is 11.3 Å². The van der Waals surface area contributed by atoms with Crippen molar-refractivity contribution in [1.29, 1.82) is 5.26 Å². The number of nitrogens with one attached hydrogen (secondary N) is 1. The summed E-state index contributed by atoms with van der Waals surface area (Å²) in [5.41, 5.74) is 1.86. The SMILES string of the molecule is CC(C)(C)OC(=O)c1ccc(CNCc2cc(C#N)cs2)cc1. The van der Waals surface area contributed by atoms with Gasteiger partial charge < -0.3 is 10.1 Å². The second-order valence-corrected chi connectivity index (χ2v) is 7.21.